The molecule has 3 N–H and O–H groups in total. The summed E-state index contributed by atoms with van der Waals surface area (Å²) in [6, 6.07) is 12.0. The van der Waals surface area contributed by atoms with Gasteiger partial charge in [-0.1, -0.05) is 44.7 Å². The lowest BCUT2D eigenvalue weighted by molar-refractivity contribution is 0.0240. The van der Waals surface area contributed by atoms with Crippen molar-refractivity contribution in [3.63, 3.8) is 0 Å². The zero-order chi connectivity index (χ0) is 53.4. The molecule has 2 aliphatic carbocycles. The third-order valence-corrected chi connectivity index (χ3v) is 14.0. The van der Waals surface area contributed by atoms with E-state index in [2.05, 4.69) is 49.2 Å². The van der Waals surface area contributed by atoms with Crippen LogP contribution in [0.3, 0.4) is 0 Å². The van der Waals surface area contributed by atoms with Gasteiger partial charge in [-0.05, 0) is 82.9 Å². The van der Waals surface area contributed by atoms with Crippen LogP contribution >= 0.6 is 11.6 Å². The number of nitrogen functional groups attached to an aromatic ring is 1. The second-order valence-corrected chi connectivity index (χ2v) is 21.1. The summed E-state index contributed by atoms with van der Waals surface area (Å²) in [5.41, 5.74) is 10.2. The largest absolute Gasteiger partial charge is 0.444 e. The van der Waals surface area contributed by atoms with Crippen molar-refractivity contribution in [1.29, 1.82) is 0 Å². The first-order valence-corrected chi connectivity index (χ1v) is 26.1. The molecule has 1 radical (unpaired) electrons. The number of anilines is 5. The van der Waals surface area contributed by atoms with Gasteiger partial charge < -0.3 is 59.0 Å². The molecule has 2 saturated heterocycles. The molecule has 0 aromatic carbocycles. The molecule has 2 aliphatic heterocycles. The number of hydrogen-bond acceptors (Lipinski definition) is 16. The molecule has 6 aromatic heterocycles. The van der Waals surface area contributed by atoms with Gasteiger partial charge in [-0.3, -0.25) is 9.59 Å². The second kappa shape index (κ2) is 25.2. The lowest BCUT2D eigenvalue weighted by atomic mass is 9.93. The second-order valence-electron chi connectivity index (χ2n) is 20.7. The predicted molar refractivity (Wildman–Crippen MR) is 300 cm³/mol. The van der Waals surface area contributed by atoms with E-state index in [1.807, 2.05) is 62.1 Å². The summed E-state index contributed by atoms with van der Waals surface area (Å²) in [6.07, 6.45) is 16.6. The highest BCUT2D eigenvalue weighted by Crippen LogP contribution is 2.36. The lowest BCUT2D eigenvalue weighted by Crippen LogP contribution is -2.50. The molecule has 4 aliphatic rings. The fourth-order valence-corrected chi connectivity index (χ4v) is 10.1. The minimum atomic E-state index is -0.450. The van der Waals surface area contributed by atoms with Crippen LogP contribution in [-0.2, 0) is 9.53 Å². The Morgan fingerprint density at radius 2 is 1.20 bits per heavy atom. The van der Waals surface area contributed by atoms with E-state index in [1.54, 1.807) is 75.0 Å². The van der Waals surface area contributed by atoms with Gasteiger partial charge in [-0.25, -0.2) is 24.7 Å². The summed E-state index contributed by atoms with van der Waals surface area (Å²) in [5, 5.41) is 5.44. The fraction of sp³-hybridized carbons (Fsp3) is 0.509. The molecule has 0 spiro atoms. The number of hydrogen-bond donors (Lipinski definition) is 2. The molecule has 405 valence electrons. The van der Waals surface area contributed by atoms with Crippen molar-refractivity contribution in [2.24, 2.45) is 0 Å². The van der Waals surface area contributed by atoms with Crippen molar-refractivity contribution >= 4 is 94.3 Å². The van der Waals surface area contributed by atoms with Gasteiger partial charge in [-0.15, -0.1) is 0 Å². The third-order valence-electron chi connectivity index (χ3n) is 13.7. The van der Waals surface area contributed by atoms with Crippen LogP contribution in [0, 0.1) is 0 Å². The van der Waals surface area contributed by atoms with Gasteiger partial charge in [0, 0.05) is 116 Å². The van der Waals surface area contributed by atoms with E-state index in [9.17, 15) is 19.2 Å². The lowest BCUT2D eigenvalue weighted by Gasteiger charge is -2.36. The zero-order valence-corrected chi connectivity index (χ0v) is 44.9. The fourth-order valence-electron chi connectivity index (χ4n) is 9.95. The molecule has 2 saturated carbocycles. The highest BCUT2D eigenvalue weighted by molar-refractivity contribution is 6.64. The van der Waals surface area contributed by atoms with Gasteiger partial charge in [-0.2, -0.15) is 9.97 Å². The van der Waals surface area contributed by atoms with E-state index in [0.29, 0.717) is 47.4 Å². The smallest absolute Gasteiger partial charge is 0.410 e. The number of nitrogens with zero attached hydrogens (tertiary/aromatic N) is 14. The average Bonchev–Trinajstić information content (AvgIpc) is 4.27. The van der Waals surface area contributed by atoms with Gasteiger partial charge in [0.25, 0.3) is 19.2 Å². The minimum absolute atomic E-state index is 0. The minimum Gasteiger partial charge on any atom is -0.444 e. The quantitative estimate of drug-likeness (QED) is 0.0767. The maximum Gasteiger partial charge on any atom is 0.410 e. The molecular formula is C53H73BClN16O5. The highest BCUT2D eigenvalue weighted by Gasteiger charge is 2.29. The molecule has 10 rings (SSSR count). The zero-order valence-electron chi connectivity index (χ0n) is 44.2. The van der Waals surface area contributed by atoms with Crippen LogP contribution in [0.4, 0.5) is 33.9 Å². The first kappa shape index (κ1) is 56.7. The Labute approximate surface area is 451 Å². The number of amides is 3. The number of piperazine rings is 2. The Bertz CT molecular complexity index is 2920. The third kappa shape index (κ3) is 13.9. The van der Waals surface area contributed by atoms with Crippen molar-refractivity contribution in [2.45, 2.75) is 97.2 Å². The molecule has 0 bridgehead atoms. The number of nitrogens with two attached hydrogens (primary N) is 1. The number of ether oxygens (including phenoxy) is 1. The van der Waals surface area contributed by atoms with Crippen molar-refractivity contribution < 1.29 is 23.9 Å². The van der Waals surface area contributed by atoms with E-state index in [4.69, 9.17) is 27.1 Å². The Hall–Kier alpha value is -7.07. The molecule has 6 aromatic rings. The molecule has 23 heteroatoms. The standard InChI is InChI=1S/C24H30BN8O2.C14H20ClN3O2.C14H19N5O.CH4/c1-30(2)23(35)20-13-17-14-27-24(29-22(17)33(20)18-5-3-4-6-18)28-21-8-7-19(15-26-21)31-9-11-32(12-10-31)25-16-34;1-14(2,3)20-13(19)18-8-6-17(7-9-18)11-4-5-12(15)16-10-11;1-18(2)13(20)11-7-9-8-16-14(15)17-12(9)19(11)10-5-3-4-6-10;/h7-8,13-16,18H,3-6,9-12H2,1-2H3,(H,26,27,28,29);4-5,10H,6-9H2,1-3H3;7-8,10H,3-6H2,1-2H3,(H2,15,16,17);1H4. The monoisotopic (exact) mass is 1060 g/mol. The summed E-state index contributed by atoms with van der Waals surface area (Å²) in [4.78, 5) is 85.6. The Kier molecular flexibility index (Phi) is 18.8. The van der Waals surface area contributed by atoms with Crippen LogP contribution in [0.15, 0.2) is 61.2 Å². The molecule has 0 unspecified atom stereocenters. The maximum atomic E-state index is 12.9. The summed E-state index contributed by atoms with van der Waals surface area (Å²) in [5.74, 6) is 1.33. The summed E-state index contributed by atoms with van der Waals surface area (Å²) >= 11 is 5.78. The van der Waals surface area contributed by atoms with Crippen molar-refractivity contribution in [3.05, 3.63) is 77.7 Å². The highest BCUT2D eigenvalue weighted by atomic mass is 35.5. The van der Waals surface area contributed by atoms with Crippen molar-refractivity contribution in [2.75, 3.05) is 101 Å². The van der Waals surface area contributed by atoms with E-state index in [-0.39, 0.29) is 37.3 Å². The number of nitrogens with one attached hydrogen (secondary N) is 1. The van der Waals surface area contributed by atoms with Gasteiger partial charge in [0.2, 0.25) is 11.9 Å². The first-order chi connectivity index (χ1) is 36.0. The maximum absolute atomic E-state index is 12.9. The predicted octanol–water partition coefficient (Wildman–Crippen LogP) is 7.58. The van der Waals surface area contributed by atoms with Gasteiger partial charge in [0.15, 0.2) is 0 Å². The number of rotatable bonds is 10. The van der Waals surface area contributed by atoms with Gasteiger partial charge in [0.1, 0.15) is 39.3 Å². The Morgan fingerprint density at radius 1 is 0.697 bits per heavy atom. The number of aromatic nitrogens is 8. The molecule has 0 atom stereocenters. The molecular weight excluding hydrogens is 987 g/mol. The molecule has 8 heterocycles. The van der Waals surface area contributed by atoms with Crippen LogP contribution < -0.4 is 20.9 Å². The van der Waals surface area contributed by atoms with E-state index < -0.39 is 5.60 Å². The van der Waals surface area contributed by atoms with Crippen LogP contribution in [0.25, 0.3) is 22.1 Å². The van der Waals surface area contributed by atoms with Gasteiger partial charge >= 0.3 is 6.09 Å². The van der Waals surface area contributed by atoms with E-state index >= 15 is 0 Å². The average molecular weight is 1060 g/mol. The molecule has 4 fully saturated rings. The summed E-state index contributed by atoms with van der Waals surface area (Å²) in [6.45, 7) is 11.8. The number of pyridine rings is 2. The van der Waals surface area contributed by atoms with Crippen LogP contribution in [0.5, 0.6) is 0 Å². The van der Waals surface area contributed by atoms with Crippen molar-refractivity contribution in [1.82, 2.24) is 58.5 Å². The van der Waals surface area contributed by atoms with E-state index in [1.165, 1.54) is 12.8 Å². The van der Waals surface area contributed by atoms with Crippen LogP contribution in [0.1, 0.15) is 113 Å². The summed E-state index contributed by atoms with van der Waals surface area (Å²) in [7, 11) is 8.67. The van der Waals surface area contributed by atoms with Crippen LogP contribution in [-0.4, -0.2) is 176 Å². The SMILES string of the molecule is C.CC(C)(C)OC(=O)N1CCN(c2ccc(Cl)nc2)CC1.CN(C)C(=O)c1cc2cnc(N)nc2n1C1CCCC1.CN(C)C(=O)c1cc2cnc(Nc3ccc(N4CCN([B]C=O)CC4)cn3)nc2n1C1CCCC1. The number of fused-ring (bicyclic) bond motifs is 2. The molecule has 21 nitrogen and oxygen atoms in total. The normalized spacial score (nSPS) is 16.3. The summed E-state index contributed by atoms with van der Waals surface area (Å²) < 4.78 is 9.54. The van der Waals surface area contributed by atoms with E-state index in [0.717, 1.165) is 117 Å². The number of carbonyl (C=O) groups is 4. The Balaban J connectivity index is 0.000000176. The molecule has 3 amide bonds. The number of halogens is 1. The Morgan fingerprint density at radius 3 is 1.67 bits per heavy atom. The number of carbonyl (C=O) groups excluding carboxylic acids is 4. The molecule has 76 heavy (non-hydrogen) atoms. The van der Waals surface area contributed by atoms with Crippen molar-refractivity contribution in [3.8, 4) is 0 Å². The van der Waals surface area contributed by atoms with Crippen LogP contribution in [0.2, 0.25) is 5.15 Å². The topological polar surface area (TPSA) is 222 Å². The van der Waals surface area contributed by atoms with Gasteiger partial charge in [0.05, 0.1) is 30.0 Å². The first-order valence-electron chi connectivity index (χ1n) is 25.8.